The fourth-order valence-electron chi connectivity index (χ4n) is 4.66. The van der Waals surface area contributed by atoms with Crippen LogP contribution in [0, 0.1) is 0 Å². The second kappa shape index (κ2) is 14.0. The van der Waals surface area contributed by atoms with Crippen LogP contribution in [0.5, 0.6) is 0 Å². The van der Waals surface area contributed by atoms with Crippen molar-refractivity contribution in [3.8, 4) is 0 Å². The molecule has 2 aromatic carbocycles. The minimum absolute atomic E-state index is 0.00658. The normalized spacial score (nSPS) is 17.7. The molecule has 19 heteroatoms. The Hall–Kier alpha value is -3.34. The molecule has 0 aliphatic carbocycles. The third-order valence-corrected chi connectivity index (χ3v) is 12.7. The molecule has 0 saturated heterocycles. The molecule has 0 radical (unpaired) electrons. The van der Waals surface area contributed by atoms with E-state index in [9.17, 15) is 26.4 Å². The smallest absolute Gasteiger partial charge is 0.273 e. The van der Waals surface area contributed by atoms with E-state index in [1.54, 1.807) is 19.1 Å². The Labute approximate surface area is 261 Å². The fraction of sp³-hybridized carbons (Fsp3) is 0.308. The highest BCUT2D eigenvalue weighted by atomic mass is 32.3. The van der Waals surface area contributed by atoms with Crippen molar-refractivity contribution in [3.05, 3.63) is 82.4 Å². The van der Waals surface area contributed by atoms with Gasteiger partial charge in [0.15, 0.2) is 9.84 Å². The lowest BCUT2D eigenvalue weighted by Gasteiger charge is -2.36. The highest BCUT2D eigenvalue weighted by molar-refractivity contribution is 7.95. The van der Waals surface area contributed by atoms with Crippen LogP contribution >= 0.6 is 11.3 Å². The quantitative estimate of drug-likeness (QED) is 0.173. The molecule has 2 atom stereocenters. The van der Waals surface area contributed by atoms with Gasteiger partial charge in [-0.2, -0.15) is 0 Å². The minimum Gasteiger partial charge on any atom is -0.332 e. The first-order valence-electron chi connectivity index (χ1n) is 13.2. The first-order chi connectivity index (χ1) is 21.1. The molecule has 1 unspecified atom stereocenters. The van der Waals surface area contributed by atoms with Gasteiger partial charge in [0.25, 0.3) is 21.8 Å². The zero-order valence-corrected chi connectivity index (χ0v) is 26.2. The topological polar surface area (TPSA) is 224 Å². The van der Waals surface area contributed by atoms with Crippen LogP contribution in [0.2, 0.25) is 0 Å². The van der Waals surface area contributed by atoms with Gasteiger partial charge >= 0.3 is 0 Å². The number of thiophene rings is 1. The van der Waals surface area contributed by atoms with Crippen molar-refractivity contribution in [1.29, 1.82) is 0 Å². The predicted molar refractivity (Wildman–Crippen MR) is 153 cm³/mol. The number of fused-ring (bicyclic) bond motifs is 1. The maximum absolute atomic E-state index is 13.6. The lowest BCUT2D eigenvalue weighted by atomic mass is 10.0. The van der Waals surface area contributed by atoms with Crippen molar-refractivity contribution >= 4 is 43.0 Å². The fourth-order valence-corrected chi connectivity index (χ4v) is 9.61. The van der Waals surface area contributed by atoms with Crippen LogP contribution in [-0.2, 0) is 42.7 Å². The Balaban J connectivity index is 1.60. The number of hydrogen-bond donors (Lipinski definition) is 5. The lowest BCUT2D eigenvalue weighted by Crippen LogP contribution is -2.40. The number of benzene rings is 2. The van der Waals surface area contributed by atoms with E-state index in [2.05, 4.69) is 9.68 Å². The van der Waals surface area contributed by atoms with E-state index in [1.165, 1.54) is 54.3 Å². The minimum atomic E-state index is -4.54. The van der Waals surface area contributed by atoms with Crippen LogP contribution in [0.15, 0.2) is 63.0 Å². The first kappa shape index (κ1) is 34.5. The SMILES string of the molecule is CCN(C(=O)c1ccc(CON(O)O)cc1)[C@H]1CC(C)S(=O)(=O)c2sc(S(=O)(=O)NC(=O)c3ccc(CON(O)O)cc3)cc21. The van der Waals surface area contributed by atoms with Gasteiger partial charge in [-0.05, 0) is 61.7 Å². The number of carbonyl (C=O) groups is 2. The van der Waals surface area contributed by atoms with Crippen LogP contribution in [0.4, 0.5) is 0 Å². The van der Waals surface area contributed by atoms with Crippen molar-refractivity contribution in [2.75, 3.05) is 6.54 Å². The Morgan fingerprint density at radius 2 is 1.44 bits per heavy atom. The molecule has 1 aliphatic heterocycles. The summed E-state index contributed by atoms with van der Waals surface area (Å²) in [6.07, 6.45) is 0.00658. The van der Waals surface area contributed by atoms with Gasteiger partial charge in [0.05, 0.1) is 35.3 Å². The molecule has 4 rings (SSSR count). The summed E-state index contributed by atoms with van der Waals surface area (Å²) >= 11 is 0.495. The zero-order valence-electron chi connectivity index (χ0n) is 23.8. The van der Waals surface area contributed by atoms with Gasteiger partial charge in [-0.25, -0.2) is 31.2 Å². The molecular formula is C26H30N4O12S3. The maximum Gasteiger partial charge on any atom is 0.273 e. The predicted octanol–water partition coefficient (Wildman–Crippen LogP) is 2.66. The Morgan fingerprint density at radius 1 is 0.933 bits per heavy atom. The van der Waals surface area contributed by atoms with E-state index in [0.717, 1.165) is 0 Å². The number of hydrogen-bond acceptors (Lipinski definition) is 15. The Kier molecular flexibility index (Phi) is 10.7. The molecule has 3 aromatic rings. The molecule has 16 nitrogen and oxygen atoms in total. The molecule has 0 spiro atoms. The van der Waals surface area contributed by atoms with Gasteiger partial charge in [-0.1, -0.05) is 24.3 Å². The van der Waals surface area contributed by atoms with E-state index >= 15 is 0 Å². The van der Waals surface area contributed by atoms with E-state index in [0.29, 0.717) is 22.5 Å². The van der Waals surface area contributed by atoms with Crippen LogP contribution in [-0.4, -0.2) is 77.0 Å². The first-order valence-corrected chi connectivity index (χ1v) is 17.0. The summed E-state index contributed by atoms with van der Waals surface area (Å²) in [7, 11) is -8.49. The Bertz CT molecular complexity index is 1740. The standard InChI is InChI=1S/C26H30N4O12S3/c1-3-28(25(32)20-10-6-18(7-11-20)15-42-30(35)36)22-12-16(2)44(37,38)26-21(22)13-23(43-26)45(39,40)27-24(31)19-8-4-17(5-9-19)14-41-29(33)34/h4-11,13,16,22,33-36H,3,12,14-15H2,1-2H3,(H,27,31)/t16?,22-/m0/s1. The number of sulfone groups is 1. The number of carbonyl (C=O) groups excluding carboxylic acids is 2. The van der Waals surface area contributed by atoms with Crippen molar-refractivity contribution in [1.82, 2.24) is 20.4 Å². The number of nitrogens with zero attached hydrogens (tertiary/aromatic N) is 3. The monoisotopic (exact) mass is 686 g/mol. The number of rotatable bonds is 12. The van der Waals surface area contributed by atoms with Gasteiger partial charge in [-0.3, -0.25) is 30.4 Å². The number of amides is 2. The van der Waals surface area contributed by atoms with E-state index in [1.807, 2.05) is 4.72 Å². The molecule has 0 bridgehead atoms. The van der Waals surface area contributed by atoms with Crippen molar-refractivity contribution < 1.29 is 56.9 Å². The highest BCUT2D eigenvalue weighted by Crippen LogP contribution is 2.45. The van der Waals surface area contributed by atoms with Crippen LogP contribution in [0.3, 0.4) is 0 Å². The molecule has 1 aliphatic rings. The summed E-state index contributed by atoms with van der Waals surface area (Å²) in [4.78, 5) is 36.9. The third-order valence-electron chi connectivity index (χ3n) is 6.98. The van der Waals surface area contributed by atoms with Crippen molar-refractivity contribution in [2.45, 2.75) is 53.2 Å². The van der Waals surface area contributed by atoms with Crippen LogP contribution < -0.4 is 4.72 Å². The second-order valence-electron chi connectivity index (χ2n) is 9.89. The average molecular weight is 687 g/mol. The molecule has 244 valence electrons. The summed E-state index contributed by atoms with van der Waals surface area (Å²) < 4.78 is 54.4. The molecule has 2 heterocycles. The van der Waals surface area contributed by atoms with Gasteiger partial charge in [0, 0.05) is 23.2 Å². The zero-order chi connectivity index (χ0) is 33.1. The highest BCUT2D eigenvalue weighted by Gasteiger charge is 2.43. The van der Waals surface area contributed by atoms with Crippen LogP contribution in [0.25, 0.3) is 0 Å². The van der Waals surface area contributed by atoms with E-state index < -0.39 is 58.0 Å². The average Bonchev–Trinajstić information content (AvgIpc) is 3.46. The number of nitrogens with one attached hydrogen (secondary N) is 1. The maximum atomic E-state index is 13.6. The lowest BCUT2D eigenvalue weighted by molar-refractivity contribution is -0.497. The molecule has 1 aromatic heterocycles. The van der Waals surface area contributed by atoms with Gasteiger partial charge in [0.2, 0.25) is 0 Å². The number of sulfonamides is 1. The molecule has 0 fully saturated rings. The van der Waals surface area contributed by atoms with Gasteiger partial charge in [0.1, 0.15) is 8.42 Å². The molecule has 2 amide bonds. The van der Waals surface area contributed by atoms with E-state index in [4.69, 9.17) is 20.8 Å². The van der Waals surface area contributed by atoms with Gasteiger partial charge in [-0.15, -0.1) is 11.3 Å². The summed E-state index contributed by atoms with van der Waals surface area (Å²) in [6.45, 7) is 2.92. The molecule has 45 heavy (non-hydrogen) atoms. The summed E-state index contributed by atoms with van der Waals surface area (Å²) in [5.74, 6) is -1.43. The summed E-state index contributed by atoms with van der Waals surface area (Å²) in [5.41, 5.74) is 1.31. The largest absolute Gasteiger partial charge is 0.332 e. The van der Waals surface area contributed by atoms with Crippen LogP contribution in [0.1, 0.15) is 63.7 Å². The molecule has 5 N–H and O–H groups in total. The van der Waals surface area contributed by atoms with Crippen molar-refractivity contribution in [3.63, 3.8) is 0 Å². The third kappa shape index (κ3) is 7.91. The van der Waals surface area contributed by atoms with Crippen molar-refractivity contribution in [2.24, 2.45) is 0 Å². The molecule has 0 saturated carbocycles. The molecular weight excluding hydrogens is 657 g/mol. The second-order valence-corrected chi connectivity index (χ2v) is 15.4. The van der Waals surface area contributed by atoms with E-state index in [-0.39, 0.29) is 47.1 Å². The van der Waals surface area contributed by atoms with Gasteiger partial charge < -0.3 is 4.90 Å². The summed E-state index contributed by atoms with van der Waals surface area (Å²) in [5, 5.41) is 32.9. The summed E-state index contributed by atoms with van der Waals surface area (Å²) in [6, 6.07) is 11.9. The Morgan fingerprint density at radius 3 is 1.93 bits per heavy atom.